The number of hydrogen-bond donors (Lipinski definition) is 0. The lowest BCUT2D eigenvalue weighted by molar-refractivity contribution is -0.153. The normalized spacial score (nSPS) is 21.2. The number of ether oxygens (including phenoxy) is 2. The third-order valence-corrected chi connectivity index (χ3v) is 3.99. The van der Waals surface area contributed by atoms with Crippen LogP contribution in [-0.2, 0) is 20.9 Å². The second-order valence-electron chi connectivity index (χ2n) is 7.41. The van der Waals surface area contributed by atoms with Crippen LogP contribution in [0.4, 0.5) is 4.79 Å². The van der Waals surface area contributed by atoms with Gasteiger partial charge in [0.1, 0.15) is 18.2 Å². The number of rotatable bonds is 3. The van der Waals surface area contributed by atoms with Gasteiger partial charge in [-0.2, -0.15) is 0 Å². The Balaban J connectivity index is 2.02. The maximum Gasteiger partial charge on any atom is 0.411 e. The van der Waals surface area contributed by atoms with Gasteiger partial charge in [0.05, 0.1) is 0 Å². The largest absolute Gasteiger partial charge is 0.459 e. The van der Waals surface area contributed by atoms with Gasteiger partial charge >= 0.3 is 12.1 Å². The van der Waals surface area contributed by atoms with E-state index >= 15 is 0 Å². The molecule has 1 aliphatic rings. The molecule has 0 radical (unpaired) electrons. The van der Waals surface area contributed by atoms with Crippen molar-refractivity contribution < 1.29 is 19.1 Å². The summed E-state index contributed by atoms with van der Waals surface area (Å²) in [6.45, 7) is 8.28. The minimum atomic E-state index is -0.585. The molecule has 0 saturated carbocycles. The van der Waals surface area contributed by atoms with Crippen molar-refractivity contribution in [2.45, 2.75) is 58.8 Å². The van der Waals surface area contributed by atoms with E-state index in [0.29, 0.717) is 18.9 Å². The molecule has 24 heavy (non-hydrogen) atoms. The Morgan fingerprint density at radius 2 is 1.88 bits per heavy atom. The molecule has 0 aliphatic carbocycles. The second-order valence-corrected chi connectivity index (χ2v) is 7.41. The van der Waals surface area contributed by atoms with Crippen LogP contribution in [0.5, 0.6) is 0 Å². The summed E-state index contributed by atoms with van der Waals surface area (Å²) in [6, 6.07) is 8.95. The summed E-state index contributed by atoms with van der Waals surface area (Å²) < 4.78 is 10.9. The standard InChI is InChI=1S/C19H27NO4/c1-14-10-11-20(18(22)24-19(2,3)4)16(12-14)17(21)23-13-15-8-6-5-7-9-15/h5-9,14,16H,10-13H2,1-4H3. The van der Waals surface area contributed by atoms with Crippen LogP contribution in [0.2, 0.25) is 0 Å². The fourth-order valence-corrected chi connectivity index (χ4v) is 2.73. The third kappa shape index (κ3) is 5.25. The molecule has 2 atom stereocenters. The van der Waals surface area contributed by atoms with Gasteiger partial charge < -0.3 is 9.47 Å². The molecule has 5 nitrogen and oxygen atoms in total. The van der Waals surface area contributed by atoms with E-state index in [2.05, 4.69) is 6.92 Å². The maximum absolute atomic E-state index is 12.5. The lowest BCUT2D eigenvalue weighted by Gasteiger charge is -2.37. The molecule has 0 bridgehead atoms. The highest BCUT2D eigenvalue weighted by molar-refractivity contribution is 5.81. The fraction of sp³-hybridized carbons (Fsp3) is 0.579. The molecule has 1 aromatic carbocycles. The van der Waals surface area contributed by atoms with Crippen molar-refractivity contribution in [2.24, 2.45) is 5.92 Å². The minimum Gasteiger partial charge on any atom is -0.459 e. The average Bonchev–Trinajstić information content (AvgIpc) is 2.51. The zero-order valence-corrected chi connectivity index (χ0v) is 15.0. The summed E-state index contributed by atoms with van der Waals surface area (Å²) in [5, 5.41) is 0. The summed E-state index contributed by atoms with van der Waals surface area (Å²) in [4.78, 5) is 26.4. The summed E-state index contributed by atoms with van der Waals surface area (Å²) in [7, 11) is 0. The Labute approximate surface area is 143 Å². The van der Waals surface area contributed by atoms with Crippen LogP contribution >= 0.6 is 0 Å². The molecule has 1 heterocycles. The molecule has 1 aliphatic heterocycles. The van der Waals surface area contributed by atoms with Crippen molar-refractivity contribution in [1.29, 1.82) is 0 Å². The number of likely N-dealkylation sites (tertiary alicyclic amines) is 1. The Morgan fingerprint density at radius 3 is 2.50 bits per heavy atom. The lowest BCUT2D eigenvalue weighted by Crippen LogP contribution is -2.51. The number of hydrogen-bond acceptors (Lipinski definition) is 4. The van der Waals surface area contributed by atoms with E-state index < -0.39 is 17.7 Å². The van der Waals surface area contributed by atoms with E-state index in [0.717, 1.165) is 12.0 Å². The SMILES string of the molecule is CC1CCN(C(=O)OC(C)(C)C)C(C(=O)OCc2ccccc2)C1. The van der Waals surface area contributed by atoms with E-state index in [1.54, 1.807) is 0 Å². The molecule has 1 amide bonds. The van der Waals surface area contributed by atoms with Gasteiger partial charge in [-0.15, -0.1) is 0 Å². The van der Waals surface area contributed by atoms with Crippen LogP contribution < -0.4 is 0 Å². The summed E-state index contributed by atoms with van der Waals surface area (Å²) in [5.41, 5.74) is 0.345. The predicted octanol–water partition coefficient (Wildman–Crippen LogP) is 3.77. The Morgan fingerprint density at radius 1 is 1.21 bits per heavy atom. The van der Waals surface area contributed by atoms with Crippen molar-refractivity contribution in [1.82, 2.24) is 4.90 Å². The molecule has 132 valence electrons. The van der Waals surface area contributed by atoms with Gasteiger partial charge in [0.15, 0.2) is 0 Å². The third-order valence-electron chi connectivity index (χ3n) is 3.99. The number of amides is 1. The first kappa shape index (κ1) is 18.3. The number of benzene rings is 1. The zero-order chi connectivity index (χ0) is 17.7. The van der Waals surface area contributed by atoms with E-state index in [4.69, 9.17) is 9.47 Å². The average molecular weight is 333 g/mol. The van der Waals surface area contributed by atoms with Gasteiger partial charge in [0.25, 0.3) is 0 Å². The molecule has 2 unspecified atom stereocenters. The highest BCUT2D eigenvalue weighted by atomic mass is 16.6. The number of nitrogens with zero attached hydrogens (tertiary/aromatic N) is 1. The van der Waals surface area contributed by atoms with Gasteiger partial charge in [-0.25, -0.2) is 9.59 Å². The van der Waals surface area contributed by atoms with Gasteiger partial charge in [-0.3, -0.25) is 4.90 Å². The molecule has 2 rings (SSSR count). The highest BCUT2D eigenvalue weighted by Crippen LogP contribution is 2.25. The minimum absolute atomic E-state index is 0.215. The Bertz CT molecular complexity index is 564. The molecular weight excluding hydrogens is 306 g/mol. The summed E-state index contributed by atoms with van der Waals surface area (Å²) >= 11 is 0. The highest BCUT2D eigenvalue weighted by Gasteiger charge is 2.38. The van der Waals surface area contributed by atoms with Crippen molar-refractivity contribution >= 4 is 12.1 Å². The summed E-state index contributed by atoms with van der Waals surface area (Å²) in [5.74, 6) is 0.00854. The van der Waals surface area contributed by atoms with E-state index in [9.17, 15) is 9.59 Å². The van der Waals surface area contributed by atoms with Crippen molar-refractivity contribution in [3.05, 3.63) is 35.9 Å². The topological polar surface area (TPSA) is 55.8 Å². The van der Waals surface area contributed by atoms with Crippen molar-refractivity contribution in [3.8, 4) is 0 Å². The first-order valence-electron chi connectivity index (χ1n) is 8.46. The zero-order valence-electron chi connectivity index (χ0n) is 15.0. The summed E-state index contributed by atoms with van der Waals surface area (Å²) in [6.07, 6.45) is 1.02. The Kier molecular flexibility index (Phi) is 5.86. The fourth-order valence-electron chi connectivity index (χ4n) is 2.73. The van der Waals surface area contributed by atoms with Crippen LogP contribution in [-0.4, -0.2) is 35.2 Å². The lowest BCUT2D eigenvalue weighted by atomic mass is 9.93. The van der Waals surface area contributed by atoms with Crippen LogP contribution in [0.3, 0.4) is 0 Å². The van der Waals surface area contributed by atoms with Crippen molar-refractivity contribution in [3.63, 3.8) is 0 Å². The van der Waals surface area contributed by atoms with Gasteiger partial charge in [-0.1, -0.05) is 37.3 Å². The van der Waals surface area contributed by atoms with Gasteiger partial charge in [0, 0.05) is 6.54 Å². The van der Waals surface area contributed by atoms with Crippen LogP contribution in [0.1, 0.15) is 46.1 Å². The molecule has 0 N–H and O–H groups in total. The van der Waals surface area contributed by atoms with E-state index in [1.165, 1.54) is 4.90 Å². The van der Waals surface area contributed by atoms with Crippen molar-refractivity contribution in [2.75, 3.05) is 6.54 Å². The first-order chi connectivity index (χ1) is 11.3. The molecule has 1 fully saturated rings. The predicted molar refractivity (Wildman–Crippen MR) is 91.4 cm³/mol. The number of esters is 1. The monoisotopic (exact) mass is 333 g/mol. The Hall–Kier alpha value is -2.04. The van der Waals surface area contributed by atoms with Crippen LogP contribution in [0.15, 0.2) is 30.3 Å². The molecular formula is C19H27NO4. The van der Waals surface area contributed by atoms with Gasteiger partial charge in [0.2, 0.25) is 0 Å². The van der Waals surface area contributed by atoms with E-state index in [-0.39, 0.29) is 12.6 Å². The smallest absolute Gasteiger partial charge is 0.411 e. The first-order valence-corrected chi connectivity index (χ1v) is 8.46. The number of piperidine rings is 1. The number of carbonyl (C=O) groups is 2. The molecule has 0 spiro atoms. The molecule has 0 aromatic heterocycles. The van der Waals surface area contributed by atoms with E-state index in [1.807, 2.05) is 51.1 Å². The van der Waals surface area contributed by atoms with Crippen LogP contribution in [0.25, 0.3) is 0 Å². The quantitative estimate of drug-likeness (QED) is 0.790. The van der Waals surface area contributed by atoms with Gasteiger partial charge in [-0.05, 0) is 45.1 Å². The second kappa shape index (κ2) is 7.69. The van der Waals surface area contributed by atoms with Crippen LogP contribution in [0, 0.1) is 5.92 Å². The number of carbonyl (C=O) groups excluding carboxylic acids is 2. The molecule has 5 heteroatoms. The molecule has 1 aromatic rings. The maximum atomic E-state index is 12.5. The molecule has 1 saturated heterocycles.